The Hall–Kier alpha value is 1.67. The maximum absolute atomic E-state index is 5.84. The van der Waals surface area contributed by atoms with Crippen LogP contribution in [0.25, 0.3) is 0 Å². The minimum atomic E-state index is -2.97. The van der Waals surface area contributed by atoms with Crippen LogP contribution in [0.2, 0.25) is 4.44 Å². The Bertz CT molecular complexity index is 112. The van der Waals surface area contributed by atoms with E-state index in [1.165, 1.54) is 38.5 Å². The van der Waals surface area contributed by atoms with Crippen LogP contribution in [-0.4, -0.2) is 15.0 Å². The van der Waals surface area contributed by atoms with Crippen LogP contribution in [0.3, 0.4) is 0 Å². The molecule has 0 saturated carbocycles. The molecule has 13 heavy (non-hydrogen) atoms. The molecule has 0 fully saturated rings. The first-order chi connectivity index (χ1) is 6.06. The summed E-state index contributed by atoms with van der Waals surface area (Å²) >= 11 is -2.97. The number of hydrogen-bond donors (Lipinski definition) is 0. The van der Waals surface area contributed by atoms with Crippen molar-refractivity contribution in [1.29, 1.82) is 0 Å². The molecule has 0 aliphatic carbocycles. The van der Waals surface area contributed by atoms with Crippen molar-refractivity contribution in [3.05, 3.63) is 0 Å². The third-order valence-corrected chi connectivity index (χ3v) is 8.49. The molecule has 0 atom stereocenters. The Balaban J connectivity index is 3.00. The fourth-order valence-corrected chi connectivity index (χ4v) is 5.83. The van der Waals surface area contributed by atoms with Gasteiger partial charge >= 0.3 is 98.1 Å². The monoisotopic (exact) mass is 352 g/mol. The molecule has 0 heterocycles. The van der Waals surface area contributed by atoms with Crippen molar-refractivity contribution in [1.82, 2.24) is 0 Å². The molecular formula is C9H19Cl3Sn. The van der Waals surface area contributed by atoms with Gasteiger partial charge in [0.15, 0.2) is 0 Å². The van der Waals surface area contributed by atoms with Gasteiger partial charge < -0.3 is 0 Å². The molecule has 0 rings (SSSR count). The van der Waals surface area contributed by atoms with Gasteiger partial charge in [0, 0.05) is 0 Å². The molecule has 0 aliphatic heterocycles. The van der Waals surface area contributed by atoms with Crippen molar-refractivity contribution < 1.29 is 0 Å². The van der Waals surface area contributed by atoms with Crippen LogP contribution in [0.1, 0.15) is 51.9 Å². The number of rotatable bonds is 8. The standard InChI is InChI=1S/C9H19.3ClH.Sn/c1-3-5-7-9-8-6-4-2;;;;/h1,3-9H2,2H3;3*1H;/q;;;;+3/p-3. The van der Waals surface area contributed by atoms with Gasteiger partial charge in [-0.1, -0.05) is 0 Å². The van der Waals surface area contributed by atoms with Crippen LogP contribution < -0.4 is 0 Å². The molecule has 80 valence electrons. The van der Waals surface area contributed by atoms with E-state index in [0.717, 1.165) is 10.9 Å². The van der Waals surface area contributed by atoms with E-state index in [1.54, 1.807) is 0 Å². The van der Waals surface area contributed by atoms with Gasteiger partial charge in [-0.05, 0) is 0 Å². The van der Waals surface area contributed by atoms with Crippen molar-refractivity contribution in [2.75, 3.05) is 0 Å². The zero-order valence-electron chi connectivity index (χ0n) is 8.29. The van der Waals surface area contributed by atoms with Crippen LogP contribution in [0.5, 0.6) is 0 Å². The fourth-order valence-electron chi connectivity index (χ4n) is 1.28. The average molecular weight is 352 g/mol. The minimum absolute atomic E-state index is 0.896. The van der Waals surface area contributed by atoms with E-state index < -0.39 is 15.0 Å². The second-order valence-corrected chi connectivity index (χ2v) is 25.3. The molecule has 0 unspecified atom stereocenters. The molecular weight excluding hydrogens is 333 g/mol. The van der Waals surface area contributed by atoms with E-state index in [4.69, 9.17) is 26.8 Å². The topological polar surface area (TPSA) is 0 Å². The molecule has 0 aliphatic rings. The van der Waals surface area contributed by atoms with Crippen LogP contribution in [0.15, 0.2) is 0 Å². The average Bonchev–Trinajstić information content (AvgIpc) is 2.01. The van der Waals surface area contributed by atoms with Crippen LogP contribution in [0, 0.1) is 0 Å². The molecule has 0 amide bonds. The van der Waals surface area contributed by atoms with Crippen molar-refractivity contribution >= 4 is 41.8 Å². The Morgan fingerprint density at radius 2 is 1.23 bits per heavy atom. The van der Waals surface area contributed by atoms with Crippen molar-refractivity contribution in [3.63, 3.8) is 0 Å². The SMILES string of the molecule is CCCCCCCC[CH2][Sn]([Cl])([Cl])[Cl]. The molecule has 4 heteroatoms. The van der Waals surface area contributed by atoms with Crippen LogP contribution in [0.4, 0.5) is 0 Å². The third-order valence-electron chi connectivity index (χ3n) is 2.06. The number of hydrogen-bond acceptors (Lipinski definition) is 0. The van der Waals surface area contributed by atoms with Gasteiger partial charge in [-0.15, -0.1) is 0 Å². The van der Waals surface area contributed by atoms with Crippen LogP contribution >= 0.6 is 26.8 Å². The summed E-state index contributed by atoms with van der Waals surface area (Å²) in [5.74, 6) is 0. The van der Waals surface area contributed by atoms with Gasteiger partial charge in [0.25, 0.3) is 0 Å². The van der Waals surface area contributed by atoms with Gasteiger partial charge in [-0.2, -0.15) is 0 Å². The summed E-state index contributed by atoms with van der Waals surface area (Å²) in [7, 11) is 17.5. The van der Waals surface area contributed by atoms with E-state index in [-0.39, 0.29) is 0 Å². The number of halogens is 3. The predicted molar refractivity (Wildman–Crippen MR) is 66.1 cm³/mol. The Morgan fingerprint density at radius 1 is 0.769 bits per heavy atom. The van der Waals surface area contributed by atoms with E-state index in [2.05, 4.69) is 6.92 Å². The van der Waals surface area contributed by atoms with Gasteiger partial charge in [0.2, 0.25) is 0 Å². The quantitative estimate of drug-likeness (QED) is 0.406. The van der Waals surface area contributed by atoms with Crippen molar-refractivity contribution in [2.24, 2.45) is 0 Å². The van der Waals surface area contributed by atoms with E-state index in [9.17, 15) is 0 Å². The first-order valence-corrected chi connectivity index (χ1v) is 18.0. The molecule has 0 aromatic carbocycles. The van der Waals surface area contributed by atoms with Gasteiger partial charge in [0.05, 0.1) is 0 Å². The summed E-state index contributed by atoms with van der Waals surface area (Å²) in [6.07, 6.45) is 9.07. The molecule has 0 radical (unpaired) electrons. The molecule has 0 saturated heterocycles. The number of unbranched alkanes of at least 4 members (excludes halogenated alkanes) is 6. The molecule has 0 aromatic rings. The molecule has 0 bridgehead atoms. The summed E-state index contributed by atoms with van der Waals surface area (Å²) in [5, 5.41) is 0. The Morgan fingerprint density at radius 3 is 1.69 bits per heavy atom. The maximum atomic E-state index is 5.84. The zero-order valence-corrected chi connectivity index (χ0v) is 13.4. The second-order valence-electron chi connectivity index (χ2n) is 3.49. The zero-order chi connectivity index (χ0) is 10.2. The fraction of sp³-hybridized carbons (Fsp3) is 1.00. The second kappa shape index (κ2) is 8.94. The van der Waals surface area contributed by atoms with E-state index >= 15 is 0 Å². The van der Waals surface area contributed by atoms with Crippen molar-refractivity contribution in [2.45, 2.75) is 56.3 Å². The van der Waals surface area contributed by atoms with Crippen molar-refractivity contribution in [3.8, 4) is 0 Å². The Labute approximate surface area is 97.3 Å². The van der Waals surface area contributed by atoms with Gasteiger partial charge in [-0.3, -0.25) is 0 Å². The van der Waals surface area contributed by atoms with Crippen LogP contribution in [-0.2, 0) is 0 Å². The van der Waals surface area contributed by atoms with E-state index in [0.29, 0.717) is 0 Å². The third kappa shape index (κ3) is 13.7. The first-order valence-electron chi connectivity index (χ1n) is 5.13. The molecule has 0 spiro atoms. The summed E-state index contributed by atoms with van der Waals surface area (Å²) in [6.45, 7) is 2.23. The first kappa shape index (κ1) is 14.7. The van der Waals surface area contributed by atoms with Gasteiger partial charge in [-0.25, -0.2) is 0 Å². The Kier molecular flexibility index (Phi) is 10.1. The molecule has 0 nitrogen and oxygen atoms in total. The summed E-state index contributed by atoms with van der Waals surface area (Å²) < 4.78 is 0.896. The van der Waals surface area contributed by atoms with Gasteiger partial charge in [0.1, 0.15) is 0 Å². The molecule has 0 N–H and O–H groups in total. The molecule has 0 aromatic heterocycles. The predicted octanol–water partition coefficient (Wildman–Crippen LogP) is 5.39. The summed E-state index contributed by atoms with van der Waals surface area (Å²) in [6, 6.07) is 0. The summed E-state index contributed by atoms with van der Waals surface area (Å²) in [4.78, 5) is 0. The summed E-state index contributed by atoms with van der Waals surface area (Å²) in [5.41, 5.74) is 0. The normalized spacial score (nSPS) is 12.0. The van der Waals surface area contributed by atoms with E-state index in [1.807, 2.05) is 0 Å².